The summed E-state index contributed by atoms with van der Waals surface area (Å²) in [7, 11) is 0. The molecule has 1 aromatic carbocycles. The van der Waals surface area contributed by atoms with E-state index in [4.69, 9.17) is 0 Å². The number of hydrogen-bond acceptors (Lipinski definition) is 3. The van der Waals surface area contributed by atoms with Crippen LogP contribution in [0.2, 0.25) is 0 Å². The zero-order valence-corrected chi connectivity index (χ0v) is 15.2. The summed E-state index contributed by atoms with van der Waals surface area (Å²) in [6.07, 6.45) is 4.22. The Kier molecular flexibility index (Phi) is 3.86. The second-order valence-corrected chi connectivity index (χ2v) is 7.55. The van der Waals surface area contributed by atoms with Crippen molar-refractivity contribution in [2.75, 3.05) is 0 Å². The van der Waals surface area contributed by atoms with Crippen LogP contribution in [-0.4, -0.2) is 16.7 Å². The minimum Gasteiger partial charge on any atom is -0.508 e. The lowest BCUT2D eigenvalue weighted by molar-refractivity contribution is -0.147. The van der Waals surface area contributed by atoms with E-state index >= 15 is 0 Å². The third-order valence-electron chi connectivity index (χ3n) is 6.50. The van der Waals surface area contributed by atoms with Crippen LogP contribution in [0.15, 0.2) is 59.7 Å². The van der Waals surface area contributed by atoms with Gasteiger partial charge in [0.15, 0.2) is 11.6 Å². The molecule has 0 amide bonds. The molecule has 0 spiro atoms. The largest absolute Gasteiger partial charge is 0.508 e. The molecule has 25 heavy (non-hydrogen) atoms. The first-order chi connectivity index (χ1) is 11.7. The molecule has 0 aliphatic heterocycles. The molecule has 130 valence electrons. The summed E-state index contributed by atoms with van der Waals surface area (Å²) < 4.78 is 0. The van der Waals surface area contributed by atoms with Gasteiger partial charge in [0.25, 0.3) is 0 Å². The van der Waals surface area contributed by atoms with Crippen molar-refractivity contribution in [3.8, 4) is 5.75 Å². The number of fused-ring (bicyclic) bond motifs is 1. The Labute approximate surface area is 148 Å². The van der Waals surface area contributed by atoms with Gasteiger partial charge in [0.1, 0.15) is 5.75 Å². The minimum absolute atomic E-state index is 0.0203. The van der Waals surface area contributed by atoms with Crippen molar-refractivity contribution in [3.05, 3.63) is 65.3 Å². The zero-order chi connectivity index (χ0) is 18.6. The van der Waals surface area contributed by atoms with Crippen molar-refractivity contribution >= 4 is 11.6 Å². The fourth-order valence-corrected chi connectivity index (χ4v) is 4.58. The van der Waals surface area contributed by atoms with E-state index in [1.54, 1.807) is 32.1 Å². The van der Waals surface area contributed by atoms with E-state index in [0.29, 0.717) is 23.1 Å². The predicted octanol–water partition coefficient (Wildman–Crippen LogP) is 4.49. The number of para-hydroxylation sites is 1. The van der Waals surface area contributed by atoms with Gasteiger partial charge < -0.3 is 5.11 Å². The summed E-state index contributed by atoms with van der Waals surface area (Å²) in [5.41, 5.74) is 0.815. The molecule has 2 aliphatic rings. The first-order valence-corrected chi connectivity index (χ1v) is 8.57. The maximum absolute atomic E-state index is 13.4. The molecule has 0 heterocycles. The Morgan fingerprint density at radius 1 is 1.12 bits per heavy atom. The minimum atomic E-state index is -0.967. The Morgan fingerprint density at radius 2 is 1.72 bits per heavy atom. The molecule has 3 unspecified atom stereocenters. The van der Waals surface area contributed by atoms with Gasteiger partial charge >= 0.3 is 0 Å². The van der Waals surface area contributed by atoms with Crippen LogP contribution in [0.3, 0.4) is 0 Å². The van der Waals surface area contributed by atoms with E-state index in [1.807, 2.05) is 32.1 Å². The molecule has 3 rings (SSSR count). The predicted molar refractivity (Wildman–Crippen MR) is 98.3 cm³/mol. The summed E-state index contributed by atoms with van der Waals surface area (Å²) >= 11 is 0. The third kappa shape index (κ3) is 2.05. The fraction of sp³-hybridized carbons (Fsp3) is 0.364. The Morgan fingerprint density at radius 3 is 2.32 bits per heavy atom. The summed E-state index contributed by atoms with van der Waals surface area (Å²) in [5, 5.41) is 10.5. The van der Waals surface area contributed by atoms with E-state index in [1.165, 1.54) is 0 Å². The normalized spacial score (nSPS) is 32.3. The van der Waals surface area contributed by atoms with Gasteiger partial charge in [0, 0.05) is 16.9 Å². The highest BCUT2D eigenvalue weighted by Gasteiger charge is 2.63. The number of carbonyl (C=O) groups excluding carboxylic acids is 2. The van der Waals surface area contributed by atoms with Crippen LogP contribution in [-0.2, 0) is 9.59 Å². The molecule has 0 bridgehead atoms. The second-order valence-electron chi connectivity index (χ2n) is 7.55. The van der Waals surface area contributed by atoms with Gasteiger partial charge in [-0.25, -0.2) is 0 Å². The van der Waals surface area contributed by atoms with E-state index in [0.717, 1.165) is 5.57 Å². The molecule has 0 saturated heterocycles. The average Bonchev–Trinajstić information content (AvgIpc) is 2.61. The second kappa shape index (κ2) is 5.55. The molecule has 3 atom stereocenters. The molecule has 0 fully saturated rings. The monoisotopic (exact) mass is 336 g/mol. The molecular weight excluding hydrogens is 312 g/mol. The van der Waals surface area contributed by atoms with E-state index in [2.05, 4.69) is 6.58 Å². The smallest absolute Gasteiger partial charge is 0.166 e. The van der Waals surface area contributed by atoms with Gasteiger partial charge in [-0.05, 0) is 43.1 Å². The highest BCUT2D eigenvalue weighted by molar-refractivity contribution is 6.17. The van der Waals surface area contributed by atoms with Crippen LogP contribution < -0.4 is 0 Å². The van der Waals surface area contributed by atoms with E-state index in [-0.39, 0.29) is 17.3 Å². The number of Topliss-reactive ketones (excluding diaryl/α,β-unsaturated/α-hetero) is 2. The third-order valence-corrected chi connectivity index (χ3v) is 6.50. The van der Waals surface area contributed by atoms with Crippen LogP contribution in [0, 0.1) is 10.8 Å². The molecule has 2 aliphatic carbocycles. The van der Waals surface area contributed by atoms with Crippen molar-refractivity contribution < 1.29 is 14.7 Å². The van der Waals surface area contributed by atoms with Gasteiger partial charge in [-0.2, -0.15) is 0 Å². The molecule has 1 N–H and O–H groups in total. The van der Waals surface area contributed by atoms with E-state index < -0.39 is 16.7 Å². The van der Waals surface area contributed by atoms with Crippen molar-refractivity contribution in [3.63, 3.8) is 0 Å². The maximum Gasteiger partial charge on any atom is 0.166 e. The standard InChI is InChI=1S/C22H24O3/c1-6-15-11-12-21(4)19(24)13(2)14(3)20(25)22(21,5)18(15)16-9-7-8-10-17(16)23/h6-11,18,23H,1,12H2,2-5H3. The first-order valence-electron chi connectivity index (χ1n) is 8.57. The molecule has 3 heteroatoms. The number of phenols is 1. The Balaban J connectivity index is 2.37. The average molecular weight is 336 g/mol. The maximum atomic E-state index is 13.4. The SMILES string of the molecule is C=CC1=CCC2(C)C(=O)C(C)=C(C)C(=O)C2(C)C1c1ccccc1O. The van der Waals surface area contributed by atoms with Gasteiger partial charge in [-0.15, -0.1) is 0 Å². The van der Waals surface area contributed by atoms with Gasteiger partial charge in [-0.3, -0.25) is 9.59 Å². The summed E-state index contributed by atoms with van der Waals surface area (Å²) in [6, 6.07) is 7.04. The number of benzene rings is 1. The number of phenolic OH excluding ortho intramolecular Hbond substituents is 1. The number of ketones is 2. The van der Waals surface area contributed by atoms with Crippen LogP contribution >= 0.6 is 0 Å². The van der Waals surface area contributed by atoms with Crippen LogP contribution in [0.1, 0.15) is 45.6 Å². The molecular formula is C22H24O3. The van der Waals surface area contributed by atoms with Gasteiger partial charge in [0.05, 0.1) is 5.41 Å². The highest BCUT2D eigenvalue weighted by atomic mass is 16.3. The number of aromatic hydroxyl groups is 1. The van der Waals surface area contributed by atoms with E-state index in [9.17, 15) is 14.7 Å². The number of allylic oxidation sites excluding steroid dienone is 5. The lowest BCUT2D eigenvalue weighted by Gasteiger charge is -2.54. The summed E-state index contributed by atoms with van der Waals surface area (Å²) in [5.74, 6) is -0.279. The quantitative estimate of drug-likeness (QED) is 0.865. The van der Waals surface area contributed by atoms with Crippen molar-refractivity contribution in [1.29, 1.82) is 0 Å². The summed E-state index contributed by atoms with van der Waals surface area (Å²) in [6.45, 7) is 11.1. The fourth-order valence-electron chi connectivity index (χ4n) is 4.58. The van der Waals surface area contributed by atoms with Crippen LogP contribution in [0.5, 0.6) is 5.75 Å². The number of carbonyl (C=O) groups is 2. The van der Waals surface area contributed by atoms with Crippen LogP contribution in [0.25, 0.3) is 0 Å². The Bertz CT molecular complexity index is 858. The van der Waals surface area contributed by atoms with Gasteiger partial charge in [0.2, 0.25) is 0 Å². The first kappa shape index (κ1) is 17.4. The number of hydrogen-bond donors (Lipinski definition) is 1. The lowest BCUT2D eigenvalue weighted by Crippen LogP contribution is -2.57. The van der Waals surface area contributed by atoms with Crippen molar-refractivity contribution in [2.45, 2.75) is 40.0 Å². The lowest BCUT2D eigenvalue weighted by atomic mass is 9.45. The topological polar surface area (TPSA) is 54.4 Å². The molecule has 3 nitrogen and oxygen atoms in total. The molecule has 0 aromatic heterocycles. The molecule has 0 radical (unpaired) electrons. The van der Waals surface area contributed by atoms with Crippen molar-refractivity contribution in [2.24, 2.45) is 10.8 Å². The van der Waals surface area contributed by atoms with Crippen LogP contribution in [0.4, 0.5) is 0 Å². The highest BCUT2D eigenvalue weighted by Crippen LogP contribution is 2.62. The Hall–Kier alpha value is -2.42. The number of rotatable bonds is 2. The summed E-state index contributed by atoms with van der Waals surface area (Å²) in [4.78, 5) is 26.6. The molecule has 0 saturated carbocycles. The van der Waals surface area contributed by atoms with Crippen molar-refractivity contribution in [1.82, 2.24) is 0 Å². The van der Waals surface area contributed by atoms with Gasteiger partial charge in [-0.1, -0.05) is 50.8 Å². The zero-order valence-electron chi connectivity index (χ0n) is 15.2. The molecule has 1 aromatic rings.